The van der Waals surface area contributed by atoms with E-state index in [1.807, 2.05) is 23.2 Å². The minimum atomic E-state index is -0.324. The second kappa shape index (κ2) is 7.38. The van der Waals surface area contributed by atoms with Crippen molar-refractivity contribution in [2.75, 3.05) is 33.2 Å². The third-order valence-corrected chi connectivity index (χ3v) is 7.47. The summed E-state index contributed by atoms with van der Waals surface area (Å²) < 4.78 is 0. The Balaban J connectivity index is 1.43. The summed E-state index contributed by atoms with van der Waals surface area (Å²) in [7, 11) is 2.12. The van der Waals surface area contributed by atoms with Gasteiger partial charge in [-0.1, -0.05) is 6.07 Å². The molecule has 1 amide bonds. The Morgan fingerprint density at radius 3 is 2.62 bits per heavy atom. The number of piperidine rings is 1. The van der Waals surface area contributed by atoms with Gasteiger partial charge >= 0.3 is 0 Å². The van der Waals surface area contributed by atoms with E-state index in [0.29, 0.717) is 12.5 Å². The maximum absolute atomic E-state index is 13.4. The van der Waals surface area contributed by atoms with E-state index in [-0.39, 0.29) is 5.54 Å². The summed E-state index contributed by atoms with van der Waals surface area (Å²) in [5, 5.41) is 5.28. The average Bonchev–Trinajstić information content (AvgIpc) is 3.29. The Morgan fingerprint density at radius 2 is 1.96 bits per heavy atom. The molecule has 1 spiro atoms. The van der Waals surface area contributed by atoms with Crippen LogP contribution in [0.4, 0.5) is 0 Å². The fourth-order valence-corrected chi connectivity index (χ4v) is 5.52. The smallest absolute Gasteiger partial charge is 0.243 e. The van der Waals surface area contributed by atoms with E-state index >= 15 is 0 Å². The molecule has 0 aliphatic carbocycles. The predicted octanol–water partition coefficient (Wildman–Crippen LogP) is 2.82. The minimum absolute atomic E-state index is 0.299. The second-order valence-electron chi connectivity index (χ2n) is 7.39. The lowest BCUT2D eigenvalue weighted by molar-refractivity contribution is -0.155. The van der Waals surface area contributed by atoms with E-state index in [1.54, 1.807) is 11.3 Å². The quantitative estimate of drug-likeness (QED) is 0.805. The molecule has 0 saturated carbocycles. The van der Waals surface area contributed by atoms with Gasteiger partial charge in [-0.2, -0.15) is 0 Å². The average molecular weight is 391 g/mol. The summed E-state index contributed by atoms with van der Waals surface area (Å²) in [4.78, 5) is 26.2. The van der Waals surface area contributed by atoms with Crippen molar-refractivity contribution >= 4 is 28.6 Å². The number of amides is 1. The van der Waals surface area contributed by atoms with Crippen molar-refractivity contribution in [1.82, 2.24) is 19.7 Å². The SMILES string of the molecule is Cc1nc(CN2CCN(C)C3(CCN(Cc4cccs4)CC3)C2=O)cs1. The molecule has 26 heavy (non-hydrogen) atoms. The van der Waals surface area contributed by atoms with Crippen LogP contribution in [0.5, 0.6) is 0 Å². The van der Waals surface area contributed by atoms with Crippen molar-refractivity contribution in [2.24, 2.45) is 0 Å². The molecule has 2 aromatic rings. The van der Waals surface area contributed by atoms with Crippen LogP contribution in [0.25, 0.3) is 0 Å². The molecule has 0 unspecified atom stereocenters. The summed E-state index contributed by atoms with van der Waals surface area (Å²) in [6, 6.07) is 4.31. The van der Waals surface area contributed by atoms with Crippen molar-refractivity contribution in [1.29, 1.82) is 0 Å². The lowest BCUT2D eigenvalue weighted by atomic mass is 9.82. The standard InChI is InChI=1S/C19H26N4OS2/c1-15-20-16(14-26-15)12-23-10-9-21(2)19(18(23)24)5-7-22(8-6-19)13-17-4-3-11-25-17/h3-4,11,14H,5-10,12-13H2,1-2H3. The third-order valence-electron chi connectivity index (χ3n) is 5.78. The Kier molecular flexibility index (Phi) is 5.14. The minimum Gasteiger partial charge on any atom is -0.334 e. The fourth-order valence-electron chi connectivity index (χ4n) is 4.17. The third kappa shape index (κ3) is 3.45. The van der Waals surface area contributed by atoms with Crippen LogP contribution < -0.4 is 0 Å². The van der Waals surface area contributed by atoms with Gasteiger partial charge in [0.15, 0.2) is 0 Å². The van der Waals surface area contributed by atoms with Crippen LogP contribution in [0, 0.1) is 6.92 Å². The lowest BCUT2D eigenvalue weighted by Gasteiger charge is -2.51. The van der Waals surface area contributed by atoms with E-state index in [0.717, 1.165) is 56.3 Å². The molecule has 0 radical (unpaired) electrons. The van der Waals surface area contributed by atoms with E-state index in [9.17, 15) is 4.79 Å². The lowest BCUT2D eigenvalue weighted by Crippen LogP contribution is -2.67. The largest absolute Gasteiger partial charge is 0.334 e. The van der Waals surface area contributed by atoms with Crippen LogP contribution >= 0.6 is 22.7 Å². The highest BCUT2D eigenvalue weighted by Crippen LogP contribution is 2.34. The highest BCUT2D eigenvalue weighted by molar-refractivity contribution is 7.10. The topological polar surface area (TPSA) is 39.7 Å². The highest BCUT2D eigenvalue weighted by Gasteiger charge is 2.49. The van der Waals surface area contributed by atoms with Crippen LogP contribution in [-0.2, 0) is 17.9 Å². The van der Waals surface area contributed by atoms with Crippen molar-refractivity contribution in [3.63, 3.8) is 0 Å². The molecule has 0 N–H and O–H groups in total. The van der Waals surface area contributed by atoms with Crippen LogP contribution in [0.1, 0.15) is 28.4 Å². The summed E-state index contributed by atoms with van der Waals surface area (Å²) >= 11 is 3.47. The van der Waals surface area contributed by atoms with E-state index in [4.69, 9.17) is 0 Å². The predicted molar refractivity (Wildman–Crippen MR) is 106 cm³/mol. The number of aromatic nitrogens is 1. The number of carbonyl (C=O) groups excluding carboxylic acids is 1. The number of piperazine rings is 1. The number of thiophene rings is 1. The number of hydrogen-bond acceptors (Lipinski definition) is 6. The molecule has 140 valence electrons. The molecule has 2 aliphatic rings. The maximum atomic E-state index is 13.4. The number of hydrogen-bond donors (Lipinski definition) is 0. The van der Waals surface area contributed by atoms with Crippen LogP contribution in [0.15, 0.2) is 22.9 Å². The van der Waals surface area contributed by atoms with Gasteiger partial charge in [-0.25, -0.2) is 4.98 Å². The van der Waals surface area contributed by atoms with Crippen molar-refractivity contribution in [2.45, 2.75) is 38.4 Å². The molecule has 4 rings (SSSR count). The fraction of sp³-hybridized carbons (Fsp3) is 0.579. The molecule has 2 saturated heterocycles. The molecule has 2 aliphatic heterocycles. The molecular formula is C19H26N4OS2. The maximum Gasteiger partial charge on any atom is 0.243 e. The van der Waals surface area contributed by atoms with Gasteiger partial charge in [0.2, 0.25) is 5.91 Å². The Bertz CT molecular complexity index is 749. The molecule has 2 fully saturated rings. The first kappa shape index (κ1) is 18.1. The molecule has 0 bridgehead atoms. The van der Waals surface area contributed by atoms with Crippen molar-refractivity contribution in [3.05, 3.63) is 38.5 Å². The van der Waals surface area contributed by atoms with Gasteiger partial charge in [-0.15, -0.1) is 22.7 Å². The molecule has 0 atom stereocenters. The van der Waals surface area contributed by atoms with Crippen LogP contribution in [0.2, 0.25) is 0 Å². The Morgan fingerprint density at radius 1 is 1.15 bits per heavy atom. The van der Waals surface area contributed by atoms with E-state index < -0.39 is 0 Å². The summed E-state index contributed by atoms with van der Waals surface area (Å²) in [6.45, 7) is 7.39. The number of carbonyl (C=O) groups is 1. The molecular weight excluding hydrogens is 364 g/mol. The number of likely N-dealkylation sites (N-methyl/N-ethyl adjacent to an activating group) is 1. The number of likely N-dealkylation sites (tertiary alicyclic amines) is 1. The first-order chi connectivity index (χ1) is 12.6. The van der Waals surface area contributed by atoms with Gasteiger partial charge in [-0.3, -0.25) is 14.6 Å². The summed E-state index contributed by atoms with van der Waals surface area (Å²) in [6.07, 6.45) is 1.83. The van der Waals surface area contributed by atoms with Gasteiger partial charge in [0.25, 0.3) is 0 Å². The monoisotopic (exact) mass is 390 g/mol. The first-order valence-electron chi connectivity index (χ1n) is 9.23. The van der Waals surface area contributed by atoms with E-state index in [1.165, 1.54) is 4.88 Å². The van der Waals surface area contributed by atoms with Gasteiger partial charge in [-0.05, 0) is 38.3 Å². The summed E-state index contributed by atoms with van der Waals surface area (Å²) in [5.41, 5.74) is 0.700. The normalized spacial score (nSPS) is 21.6. The second-order valence-corrected chi connectivity index (χ2v) is 9.49. The zero-order valence-corrected chi connectivity index (χ0v) is 17.1. The first-order valence-corrected chi connectivity index (χ1v) is 11.0. The molecule has 0 aromatic carbocycles. The molecule has 7 heteroatoms. The zero-order chi connectivity index (χ0) is 18.1. The number of nitrogens with zero attached hydrogens (tertiary/aromatic N) is 4. The highest BCUT2D eigenvalue weighted by atomic mass is 32.1. The van der Waals surface area contributed by atoms with Crippen molar-refractivity contribution in [3.8, 4) is 0 Å². The number of aryl methyl sites for hydroxylation is 1. The molecule has 2 aromatic heterocycles. The van der Waals surface area contributed by atoms with Crippen LogP contribution in [-0.4, -0.2) is 64.4 Å². The van der Waals surface area contributed by atoms with Gasteiger partial charge in [0.1, 0.15) is 5.54 Å². The molecule has 5 nitrogen and oxygen atoms in total. The molecule has 4 heterocycles. The van der Waals surface area contributed by atoms with E-state index in [2.05, 4.69) is 44.7 Å². The number of rotatable bonds is 4. The van der Waals surface area contributed by atoms with Gasteiger partial charge in [0, 0.05) is 43.0 Å². The zero-order valence-electron chi connectivity index (χ0n) is 15.5. The Labute approximate surface area is 163 Å². The van der Waals surface area contributed by atoms with Gasteiger partial charge in [0.05, 0.1) is 17.2 Å². The number of thiazole rings is 1. The summed E-state index contributed by atoms with van der Waals surface area (Å²) in [5.74, 6) is 0.299. The van der Waals surface area contributed by atoms with Crippen LogP contribution in [0.3, 0.4) is 0 Å². The van der Waals surface area contributed by atoms with Crippen molar-refractivity contribution < 1.29 is 4.79 Å². The van der Waals surface area contributed by atoms with Gasteiger partial charge < -0.3 is 4.90 Å². The Hall–Kier alpha value is -1.28.